The minimum absolute atomic E-state index is 0.171. The van der Waals surface area contributed by atoms with Gasteiger partial charge in [-0.3, -0.25) is 0 Å². The Morgan fingerprint density at radius 1 is 1.07 bits per heavy atom. The molecule has 0 bridgehead atoms. The van der Waals surface area contributed by atoms with Gasteiger partial charge in [0.1, 0.15) is 0 Å². The molecule has 0 fully saturated rings. The molecule has 0 aliphatic carbocycles. The Morgan fingerprint density at radius 3 is 2.37 bits per heavy atom. The second-order valence-corrected chi connectivity index (χ2v) is 6.02. The van der Waals surface area contributed by atoms with Crippen molar-refractivity contribution in [1.82, 2.24) is 15.1 Å². The molecule has 0 unspecified atom stereocenters. The molecule has 1 heterocycles. The van der Waals surface area contributed by atoms with Crippen molar-refractivity contribution in [1.29, 1.82) is 0 Å². The summed E-state index contributed by atoms with van der Waals surface area (Å²) in [7, 11) is 0. The van der Waals surface area contributed by atoms with Crippen LogP contribution < -0.4 is 10.6 Å². The molecule has 0 aliphatic heterocycles. The Kier molecular flexibility index (Phi) is 5.36. The van der Waals surface area contributed by atoms with Crippen LogP contribution >= 0.6 is 11.6 Å². The smallest absolute Gasteiger partial charge is 0.334 e. The first kappa shape index (κ1) is 18.8. The molecule has 9 heteroatoms. The quantitative estimate of drug-likeness (QED) is 0.663. The molecule has 3 aromatic rings. The first-order chi connectivity index (χ1) is 12.8. The van der Waals surface area contributed by atoms with E-state index in [1.165, 1.54) is 24.3 Å². The summed E-state index contributed by atoms with van der Waals surface area (Å²) in [5, 5.41) is 8.87. The maximum absolute atomic E-state index is 13.5. The van der Waals surface area contributed by atoms with Gasteiger partial charge in [0.2, 0.25) is 0 Å². The molecule has 2 N–H and O–H groups in total. The fourth-order valence-electron chi connectivity index (χ4n) is 2.44. The number of nitrogens with one attached hydrogen (secondary N) is 2. The molecule has 3 rings (SSSR count). The largest absolute Gasteiger partial charge is 0.435 e. The third kappa shape index (κ3) is 4.59. The van der Waals surface area contributed by atoms with E-state index in [-0.39, 0.29) is 12.2 Å². The zero-order chi connectivity index (χ0) is 19.4. The first-order valence-electron chi connectivity index (χ1n) is 7.84. The molecular weight excluding hydrogens is 381 g/mol. The Labute approximate surface area is 157 Å². The molecule has 0 radical (unpaired) electrons. The summed E-state index contributed by atoms with van der Waals surface area (Å²) >= 11 is 5.77. The van der Waals surface area contributed by atoms with E-state index in [0.717, 1.165) is 11.8 Å². The molecule has 2 amide bonds. The lowest BCUT2D eigenvalue weighted by molar-refractivity contribution is -0.142. The molecule has 140 valence electrons. The average molecular weight is 395 g/mol. The van der Waals surface area contributed by atoms with E-state index in [1.807, 2.05) is 6.07 Å². The van der Waals surface area contributed by atoms with Gasteiger partial charge in [0, 0.05) is 11.6 Å². The van der Waals surface area contributed by atoms with Gasteiger partial charge in [-0.05, 0) is 29.8 Å². The van der Waals surface area contributed by atoms with Crippen LogP contribution in [0.3, 0.4) is 0 Å². The number of rotatable bonds is 4. The van der Waals surface area contributed by atoms with Crippen LogP contribution in [0.15, 0.2) is 60.8 Å². The van der Waals surface area contributed by atoms with Gasteiger partial charge in [-0.2, -0.15) is 18.3 Å². The van der Waals surface area contributed by atoms with Crippen molar-refractivity contribution in [2.45, 2.75) is 12.7 Å². The van der Waals surface area contributed by atoms with Gasteiger partial charge in [-0.15, -0.1) is 0 Å². The summed E-state index contributed by atoms with van der Waals surface area (Å²) in [5.74, 6) is 0. The summed E-state index contributed by atoms with van der Waals surface area (Å²) in [5.41, 5.74) is -0.535. The van der Waals surface area contributed by atoms with E-state index in [9.17, 15) is 18.0 Å². The molecule has 27 heavy (non-hydrogen) atoms. The van der Waals surface area contributed by atoms with Crippen molar-refractivity contribution in [2.75, 3.05) is 5.32 Å². The highest BCUT2D eigenvalue weighted by Gasteiger charge is 2.39. The Morgan fingerprint density at radius 2 is 1.74 bits per heavy atom. The van der Waals surface area contributed by atoms with Gasteiger partial charge in [0.05, 0.1) is 17.6 Å². The number of hydrogen-bond acceptors (Lipinski definition) is 2. The minimum atomic E-state index is -4.72. The van der Waals surface area contributed by atoms with Gasteiger partial charge in [0.15, 0.2) is 5.69 Å². The molecule has 1 aromatic heterocycles. The Balaban J connectivity index is 1.81. The number of nitrogens with zero attached hydrogens (tertiary/aromatic N) is 2. The highest BCUT2D eigenvalue weighted by Crippen LogP contribution is 2.36. The zero-order valence-electron chi connectivity index (χ0n) is 13.8. The zero-order valence-corrected chi connectivity index (χ0v) is 14.6. The van der Waals surface area contributed by atoms with Crippen molar-refractivity contribution in [3.8, 4) is 5.69 Å². The van der Waals surface area contributed by atoms with Crippen LogP contribution in [0.1, 0.15) is 11.3 Å². The molecule has 0 saturated heterocycles. The maximum atomic E-state index is 13.5. The van der Waals surface area contributed by atoms with Crippen molar-refractivity contribution in [3.05, 3.63) is 77.1 Å². The summed E-state index contributed by atoms with van der Waals surface area (Å²) in [6.45, 7) is 0.180. The normalized spacial score (nSPS) is 11.3. The number of aromatic nitrogens is 2. The highest BCUT2D eigenvalue weighted by atomic mass is 35.5. The van der Waals surface area contributed by atoms with Crippen LogP contribution in [0, 0.1) is 0 Å². The summed E-state index contributed by atoms with van der Waals surface area (Å²) in [4.78, 5) is 12.0. The van der Waals surface area contributed by atoms with Crippen LogP contribution in [0.4, 0.5) is 23.7 Å². The number of hydrogen-bond donors (Lipinski definition) is 2. The van der Waals surface area contributed by atoms with Gasteiger partial charge < -0.3 is 10.6 Å². The predicted octanol–water partition coefficient (Wildman–Crippen LogP) is 4.87. The van der Waals surface area contributed by atoms with E-state index in [0.29, 0.717) is 9.70 Å². The molecular formula is C18H14ClF3N4O. The highest BCUT2D eigenvalue weighted by molar-refractivity contribution is 6.30. The van der Waals surface area contributed by atoms with Gasteiger partial charge in [-0.25, -0.2) is 9.48 Å². The van der Waals surface area contributed by atoms with E-state index in [2.05, 4.69) is 15.7 Å². The van der Waals surface area contributed by atoms with Crippen LogP contribution in [0.25, 0.3) is 5.69 Å². The van der Waals surface area contributed by atoms with Crippen LogP contribution in [-0.4, -0.2) is 15.8 Å². The number of carbonyl (C=O) groups is 1. The molecule has 2 aromatic carbocycles. The second-order valence-electron chi connectivity index (χ2n) is 5.59. The Bertz CT molecular complexity index is 924. The molecule has 0 atom stereocenters. The lowest BCUT2D eigenvalue weighted by Crippen LogP contribution is -2.29. The monoisotopic (exact) mass is 394 g/mol. The first-order valence-corrected chi connectivity index (χ1v) is 8.22. The molecule has 5 nitrogen and oxygen atoms in total. The van der Waals surface area contributed by atoms with Crippen LogP contribution in [0.2, 0.25) is 5.02 Å². The minimum Gasteiger partial charge on any atom is -0.334 e. The Hall–Kier alpha value is -3.00. The van der Waals surface area contributed by atoms with Crippen molar-refractivity contribution < 1.29 is 18.0 Å². The molecule has 0 aliphatic rings. The predicted molar refractivity (Wildman–Crippen MR) is 95.9 cm³/mol. The number of anilines is 1. The average Bonchev–Trinajstić information content (AvgIpc) is 3.05. The van der Waals surface area contributed by atoms with Crippen molar-refractivity contribution >= 4 is 23.3 Å². The van der Waals surface area contributed by atoms with Crippen LogP contribution in [-0.2, 0) is 12.7 Å². The fourth-order valence-corrected chi connectivity index (χ4v) is 2.56. The number of alkyl halides is 3. The topological polar surface area (TPSA) is 59.0 Å². The SMILES string of the molecule is O=C(NCc1ccccc1)Nc1cnn(-c2ccc(Cl)cc2)c1C(F)(F)F. The van der Waals surface area contributed by atoms with Gasteiger partial charge >= 0.3 is 12.2 Å². The summed E-state index contributed by atoms with van der Waals surface area (Å²) in [6, 6.07) is 14.0. The number of carbonyl (C=O) groups excluding carboxylic acids is 1. The van der Waals surface area contributed by atoms with E-state index >= 15 is 0 Å². The third-order valence-corrected chi connectivity index (χ3v) is 3.91. The van der Waals surface area contributed by atoms with Crippen molar-refractivity contribution in [3.63, 3.8) is 0 Å². The van der Waals surface area contributed by atoms with E-state index in [4.69, 9.17) is 11.6 Å². The van der Waals surface area contributed by atoms with Crippen molar-refractivity contribution in [2.24, 2.45) is 0 Å². The molecule has 0 saturated carbocycles. The third-order valence-electron chi connectivity index (χ3n) is 3.65. The second kappa shape index (κ2) is 7.71. The lowest BCUT2D eigenvalue weighted by atomic mass is 10.2. The summed E-state index contributed by atoms with van der Waals surface area (Å²) < 4.78 is 41.4. The maximum Gasteiger partial charge on any atom is 0.435 e. The van der Waals surface area contributed by atoms with E-state index < -0.39 is 23.6 Å². The lowest BCUT2D eigenvalue weighted by Gasteiger charge is -2.13. The number of urea groups is 1. The van der Waals surface area contributed by atoms with Gasteiger partial charge in [-0.1, -0.05) is 41.9 Å². The fraction of sp³-hybridized carbons (Fsp3) is 0.111. The number of benzene rings is 2. The standard InChI is InChI=1S/C18H14ClF3N4O/c19-13-6-8-14(9-7-13)26-16(18(20,21)22)15(11-24-26)25-17(27)23-10-12-4-2-1-3-5-12/h1-9,11H,10H2,(H2,23,25,27). The van der Waals surface area contributed by atoms with Crippen LogP contribution in [0.5, 0.6) is 0 Å². The summed E-state index contributed by atoms with van der Waals surface area (Å²) in [6.07, 6.45) is -3.77. The molecule has 0 spiro atoms. The number of amides is 2. The van der Waals surface area contributed by atoms with E-state index in [1.54, 1.807) is 24.3 Å². The number of halogens is 4. The van der Waals surface area contributed by atoms with Gasteiger partial charge in [0.25, 0.3) is 0 Å².